The first-order valence-corrected chi connectivity index (χ1v) is 6.35. The van der Waals surface area contributed by atoms with E-state index in [4.69, 9.17) is 9.47 Å². The van der Waals surface area contributed by atoms with Crippen molar-refractivity contribution in [3.8, 4) is 17.0 Å². The Morgan fingerprint density at radius 3 is 2.41 bits per heavy atom. The van der Waals surface area contributed by atoms with E-state index in [1.54, 1.807) is 19.1 Å². The third kappa shape index (κ3) is 3.21. The van der Waals surface area contributed by atoms with Crippen LogP contribution in [0.1, 0.15) is 23.2 Å². The number of imidazole rings is 1. The van der Waals surface area contributed by atoms with Gasteiger partial charge in [-0.3, -0.25) is 0 Å². The predicted molar refractivity (Wildman–Crippen MR) is 71.5 cm³/mol. The molecule has 0 fully saturated rings. The number of benzene rings is 1. The van der Waals surface area contributed by atoms with Gasteiger partial charge in [-0.05, 0) is 31.2 Å². The molecule has 0 unspecified atom stereocenters. The average Bonchev–Trinajstić information content (AvgIpc) is 2.93. The normalized spacial score (nSPS) is 11.3. The largest absolute Gasteiger partial charge is 0.497 e. The maximum Gasteiger partial charge on any atom is 0.449 e. The van der Waals surface area contributed by atoms with Crippen LogP contribution in [0.25, 0.3) is 11.3 Å². The number of alkyl halides is 3. The van der Waals surface area contributed by atoms with E-state index in [0.29, 0.717) is 11.3 Å². The lowest BCUT2D eigenvalue weighted by Crippen LogP contribution is -2.09. The minimum absolute atomic E-state index is 0.0429. The van der Waals surface area contributed by atoms with Gasteiger partial charge in [-0.1, -0.05) is 0 Å². The molecule has 0 aliphatic heterocycles. The quantitative estimate of drug-likeness (QED) is 0.880. The zero-order valence-electron chi connectivity index (χ0n) is 11.8. The molecular weight excluding hydrogens is 301 g/mol. The molecule has 0 aliphatic carbocycles. The SMILES string of the molecule is CCOC(=O)c1[nH]c(C(F)(F)F)nc1-c1ccc(OC)cc1. The van der Waals surface area contributed by atoms with Crippen LogP contribution >= 0.6 is 0 Å². The van der Waals surface area contributed by atoms with E-state index in [2.05, 4.69) is 4.98 Å². The summed E-state index contributed by atoms with van der Waals surface area (Å²) in [6, 6.07) is 6.15. The second-order valence-corrected chi connectivity index (χ2v) is 4.26. The van der Waals surface area contributed by atoms with E-state index in [9.17, 15) is 18.0 Å². The number of H-pyrrole nitrogens is 1. The van der Waals surface area contributed by atoms with Crippen molar-refractivity contribution in [1.29, 1.82) is 0 Å². The summed E-state index contributed by atoms with van der Waals surface area (Å²) >= 11 is 0. The van der Waals surface area contributed by atoms with Gasteiger partial charge in [-0.15, -0.1) is 0 Å². The molecule has 0 radical (unpaired) electrons. The molecule has 1 N–H and O–H groups in total. The van der Waals surface area contributed by atoms with Crippen LogP contribution in [0.15, 0.2) is 24.3 Å². The van der Waals surface area contributed by atoms with Crippen LogP contribution in [-0.2, 0) is 10.9 Å². The maximum atomic E-state index is 12.8. The molecule has 0 aliphatic rings. The van der Waals surface area contributed by atoms with Crippen LogP contribution in [0.3, 0.4) is 0 Å². The van der Waals surface area contributed by atoms with E-state index >= 15 is 0 Å². The van der Waals surface area contributed by atoms with Crippen LogP contribution in [0.5, 0.6) is 5.75 Å². The van der Waals surface area contributed by atoms with Crippen LogP contribution in [-0.4, -0.2) is 29.7 Å². The number of hydrogen-bond acceptors (Lipinski definition) is 4. The number of ether oxygens (including phenoxy) is 2. The van der Waals surface area contributed by atoms with Crippen molar-refractivity contribution in [2.75, 3.05) is 13.7 Å². The van der Waals surface area contributed by atoms with Gasteiger partial charge in [0.15, 0.2) is 5.69 Å². The fourth-order valence-corrected chi connectivity index (χ4v) is 1.82. The molecular formula is C14H13F3N2O3. The summed E-state index contributed by atoms with van der Waals surface area (Å²) in [5, 5.41) is 0. The number of nitrogens with one attached hydrogen (secondary N) is 1. The number of halogens is 3. The summed E-state index contributed by atoms with van der Waals surface area (Å²) in [4.78, 5) is 17.3. The number of hydrogen-bond donors (Lipinski definition) is 1. The Kier molecular flexibility index (Phi) is 4.39. The highest BCUT2D eigenvalue weighted by molar-refractivity contribution is 5.94. The maximum absolute atomic E-state index is 12.8. The highest BCUT2D eigenvalue weighted by Gasteiger charge is 2.37. The van der Waals surface area contributed by atoms with Crippen molar-refractivity contribution < 1.29 is 27.4 Å². The third-order valence-corrected chi connectivity index (χ3v) is 2.82. The van der Waals surface area contributed by atoms with Gasteiger partial charge in [-0.2, -0.15) is 13.2 Å². The number of nitrogens with zero attached hydrogens (tertiary/aromatic N) is 1. The number of carbonyl (C=O) groups is 1. The van der Waals surface area contributed by atoms with E-state index in [0.717, 1.165) is 0 Å². The molecule has 5 nitrogen and oxygen atoms in total. The van der Waals surface area contributed by atoms with E-state index in [1.807, 2.05) is 4.98 Å². The zero-order valence-corrected chi connectivity index (χ0v) is 11.8. The Bertz CT molecular complexity index is 663. The number of rotatable bonds is 4. The van der Waals surface area contributed by atoms with E-state index in [1.165, 1.54) is 19.2 Å². The Morgan fingerprint density at radius 2 is 1.91 bits per heavy atom. The summed E-state index contributed by atoms with van der Waals surface area (Å²) in [6.45, 7) is 1.60. The number of esters is 1. The summed E-state index contributed by atoms with van der Waals surface area (Å²) in [6.07, 6.45) is -4.69. The van der Waals surface area contributed by atoms with Crippen LogP contribution in [0.2, 0.25) is 0 Å². The van der Waals surface area contributed by atoms with Gasteiger partial charge < -0.3 is 14.5 Å². The Labute approximate surface area is 124 Å². The lowest BCUT2D eigenvalue weighted by molar-refractivity contribution is -0.144. The molecule has 2 aromatic rings. The van der Waals surface area contributed by atoms with Gasteiger partial charge >= 0.3 is 12.1 Å². The second-order valence-electron chi connectivity index (χ2n) is 4.26. The minimum Gasteiger partial charge on any atom is -0.497 e. The molecule has 22 heavy (non-hydrogen) atoms. The molecule has 1 heterocycles. The molecule has 2 rings (SSSR count). The topological polar surface area (TPSA) is 64.2 Å². The molecule has 8 heteroatoms. The van der Waals surface area contributed by atoms with Crippen molar-refractivity contribution in [2.45, 2.75) is 13.1 Å². The Hall–Kier alpha value is -2.51. The lowest BCUT2D eigenvalue weighted by Gasteiger charge is -2.04. The van der Waals surface area contributed by atoms with E-state index in [-0.39, 0.29) is 18.0 Å². The monoisotopic (exact) mass is 314 g/mol. The molecule has 1 aromatic carbocycles. The van der Waals surface area contributed by atoms with Crippen molar-refractivity contribution in [3.05, 3.63) is 35.8 Å². The average molecular weight is 314 g/mol. The highest BCUT2D eigenvalue weighted by atomic mass is 19.4. The van der Waals surface area contributed by atoms with Gasteiger partial charge in [0.1, 0.15) is 11.4 Å². The fraction of sp³-hybridized carbons (Fsp3) is 0.286. The zero-order chi connectivity index (χ0) is 16.3. The van der Waals surface area contributed by atoms with Crippen molar-refractivity contribution in [2.24, 2.45) is 0 Å². The summed E-state index contributed by atoms with van der Waals surface area (Å²) in [5.74, 6) is -1.61. The summed E-state index contributed by atoms with van der Waals surface area (Å²) in [5.41, 5.74) is -0.108. The Morgan fingerprint density at radius 1 is 1.27 bits per heavy atom. The molecule has 0 saturated heterocycles. The van der Waals surface area contributed by atoms with Crippen molar-refractivity contribution in [3.63, 3.8) is 0 Å². The van der Waals surface area contributed by atoms with Crippen molar-refractivity contribution >= 4 is 5.97 Å². The number of aromatic nitrogens is 2. The van der Waals surface area contributed by atoms with E-state index < -0.39 is 18.0 Å². The first kappa shape index (κ1) is 15.9. The van der Waals surface area contributed by atoms with Gasteiger partial charge in [-0.25, -0.2) is 9.78 Å². The molecule has 0 atom stereocenters. The first-order valence-electron chi connectivity index (χ1n) is 6.35. The first-order chi connectivity index (χ1) is 10.4. The summed E-state index contributed by atoms with van der Waals surface area (Å²) < 4.78 is 48.1. The van der Waals surface area contributed by atoms with Gasteiger partial charge in [0, 0.05) is 5.56 Å². The summed E-state index contributed by atoms with van der Waals surface area (Å²) in [7, 11) is 1.47. The van der Waals surface area contributed by atoms with Gasteiger partial charge in [0.25, 0.3) is 0 Å². The van der Waals surface area contributed by atoms with Crippen molar-refractivity contribution in [1.82, 2.24) is 9.97 Å². The van der Waals surface area contributed by atoms with Gasteiger partial charge in [0.2, 0.25) is 5.82 Å². The molecule has 0 bridgehead atoms. The predicted octanol–water partition coefficient (Wildman–Crippen LogP) is 3.28. The molecule has 0 spiro atoms. The second kappa shape index (κ2) is 6.08. The number of carbonyl (C=O) groups excluding carboxylic acids is 1. The molecule has 0 amide bonds. The number of methoxy groups -OCH3 is 1. The smallest absolute Gasteiger partial charge is 0.449 e. The van der Waals surface area contributed by atoms with Crippen LogP contribution < -0.4 is 4.74 Å². The molecule has 1 aromatic heterocycles. The third-order valence-electron chi connectivity index (χ3n) is 2.82. The lowest BCUT2D eigenvalue weighted by atomic mass is 10.1. The van der Waals surface area contributed by atoms with Crippen LogP contribution in [0.4, 0.5) is 13.2 Å². The fourth-order valence-electron chi connectivity index (χ4n) is 1.82. The number of aromatic amines is 1. The van der Waals surface area contributed by atoms with Gasteiger partial charge in [0.05, 0.1) is 13.7 Å². The molecule has 0 saturated carbocycles. The Balaban J connectivity index is 2.51. The standard InChI is InChI=1S/C14H13F3N2O3/c1-3-22-12(20)11-10(18-13(19-11)14(15,16)17)8-4-6-9(21-2)7-5-8/h4-7H,3H2,1-2H3,(H,18,19). The molecule has 118 valence electrons. The highest BCUT2D eigenvalue weighted by Crippen LogP contribution is 2.32. The van der Waals surface area contributed by atoms with Crippen LogP contribution in [0, 0.1) is 0 Å². The minimum atomic E-state index is -4.69.